The molecule has 0 fully saturated rings. The maximum atomic E-state index is 9.27. The van der Waals surface area contributed by atoms with Crippen LogP contribution in [0.1, 0.15) is 24.3 Å². The van der Waals surface area contributed by atoms with E-state index in [0.29, 0.717) is 13.2 Å². The van der Waals surface area contributed by atoms with Crippen LogP contribution in [0.5, 0.6) is 11.5 Å². The summed E-state index contributed by atoms with van der Waals surface area (Å²) in [4.78, 5) is 1.18. The molecule has 0 radical (unpaired) electrons. The fraction of sp³-hybridized carbons (Fsp3) is 0.412. The van der Waals surface area contributed by atoms with Gasteiger partial charge in [0.15, 0.2) is 11.5 Å². The molecule has 2 N–H and O–H groups in total. The molecule has 0 aliphatic carbocycles. The second-order valence-corrected chi connectivity index (χ2v) is 6.78. The van der Waals surface area contributed by atoms with Gasteiger partial charge >= 0.3 is 0 Å². The lowest BCUT2D eigenvalue weighted by Crippen LogP contribution is -2.42. The highest BCUT2D eigenvalue weighted by atomic mass is 35.5. The van der Waals surface area contributed by atoms with Crippen LogP contribution < -0.4 is 14.8 Å². The average molecular weight is 358 g/mol. The molecule has 0 bridgehead atoms. The number of nitrogens with one attached hydrogen (secondary N) is 1. The minimum atomic E-state index is -0.304. The SMILES string of the molecule is COc1cc(CNC(C)(C)CO)ccc1OCc1cccs1.Cl. The van der Waals surface area contributed by atoms with Gasteiger partial charge < -0.3 is 19.9 Å². The van der Waals surface area contributed by atoms with Crippen LogP contribution in [0.3, 0.4) is 0 Å². The molecule has 1 aromatic carbocycles. The third-order valence-corrected chi connectivity index (χ3v) is 4.19. The fourth-order valence-electron chi connectivity index (χ4n) is 1.88. The lowest BCUT2D eigenvalue weighted by molar-refractivity contribution is 0.187. The standard InChI is InChI=1S/C17H23NO3S.ClH/c1-17(2,12-19)18-10-13-6-7-15(16(9-13)20-3)21-11-14-5-4-8-22-14;/h4-9,18-19H,10-12H2,1-3H3;1H. The number of benzene rings is 1. The van der Waals surface area contributed by atoms with Gasteiger partial charge in [-0.1, -0.05) is 12.1 Å². The van der Waals surface area contributed by atoms with E-state index in [1.165, 1.54) is 4.88 Å². The number of aliphatic hydroxyl groups is 1. The summed E-state index contributed by atoms with van der Waals surface area (Å²) < 4.78 is 11.2. The second-order valence-electron chi connectivity index (χ2n) is 5.75. The van der Waals surface area contributed by atoms with Crippen LogP contribution in [0.2, 0.25) is 0 Å². The third-order valence-electron chi connectivity index (χ3n) is 3.34. The maximum absolute atomic E-state index is 9.27. The largest absolute Gasteiger partial charge is 0.493 e. The Balaban J connectivity index is 0.00000264. The van der Waals surface area contributed by atoms with Gasteiger partial charge in [-0.3, -0.25) is 0 Å². The van der Waals surface area contributed by atoms with E-state index in [0.717, 1.165) is 17.1 Å². The average Bonchev–Trinajstić information content (AvgIpc) is 3.04. The summed E-state index contributed by atoms with van der Waals surface area (Å²) in [7, 11) is 1.64. The van der Waals surface area contributed by atoms with Crippen molar-refractivity contribution >= 4 is 23.7 Å². The predicted molar refractivity (Wildman–Crippen MR) is 96.9 cm³/mol. The van der Waals surface area contributed by atoms with Crippen LogP contribution in [0, 0.1) is 0 Å². The van der Waals surface area contributed by atoms with Crippen LogP contribution in [0.4, 0.5) is 0 Å². The van der Waals surface area contributed by atoms with Gasteiger partial charge in [-0.2, -0.15) is 0 Å². The van der Waals surface area contributed by atoms with E-state index in [1.54, 1.807) is 18.4 Å². The Morgan fingerprint density at radius 3 is 2.61 bits per heavy atom. The van der Waals surface area contributed by atoms with Crippen molar-refractivity contribution in [1.82, 2.24) is 5.32 Å². The lowest BCUT2D eigenvalue weighted by Gasteiger charge is -2.23. The topological polar surface area (TPSA) is 50.7 Å². The van der Waals surface area contributed by atoms with Gasteiger partial charge in [0.2, 0.25) is 0 Å². The van der Waals surface area contributed by atoms with Crippen LogP contribution in [-0.4, -0.2) is 24.4 Å². The van der Waals surface area contributed by atoms with E-state index in [-0.39, 0.29) is 24.6 Å². The first-order valence-electron chi connectivity index (χ1n) is 7.22. The molecular formula is C17H24ClNO3S. The molecule has 0 saturated heterocycles. The highest BCUT2D eigenvalue weighted by Crippen LogP contribution is 2.29. The molecule has 0 aliphatic rings. The number of aliphatic hydroxyl groups excluding tert-OH is 1. The van der Waals surface area contributed by atoms with Crippen molar-refractivity contribution < 1.29 is 14.6 Å². The van der Waals surface area contributed by atoms with Gasteiger partial charge in [-0.25, -0.2) is 0 Å². The number of halogens is 1. The molecular weight excluding hydrogens is 334 g/mol. The Morgan fingerprint density at radius 2 is 2.00 bits per heavy atom. The Labute approximate surface area is 147 Å². The van der Waals surface area contributed by atoms with Crippen molar-refractivity contribution in [2.75, 3.05) is 13.7 Å². The normalized spacial score (nSPS) is 11.0. The highest BCUT2D eigenvalue weighted by Gasteiger charge is 2.15. The van der Waals surface area contributed by atoms with Gasteiger partial charge in [0, 0.05) is 17.0 Å². The van der Waals surface area contributed by atoms with Crippen molar-refractivity contribution in [3.05, 3.63) is 46.2 Å². The molecule has 0 atom stereocenters. The number of hydrogen-bond donors (Lipinski definition) is 2. The summed E-state index contributed by atoms with van der Waals surface area (Å²) >= 11 is 1.67. The second kappa shape index (κ2) is 9.13. The number of rotatable bonds is 8. The molecule has 6 heteroatoms. The highest BCUT2D eigenvalue weighted by molar-refractivity contribution is 7.09. The molecule has 0 spiro atoms. The Morgan fingerprint density at radius 1 is 1.22 bits per heavy atom. The molecule has 0 saturated carbocycles. The summed E-state index contributed by atoms with van der Waals surface area (Å²) in [5.74, 6) is 1.46. The summed E-state index contributed by atoms with van der Waals surface area (Å²) in [5.41, 5.74) is 0.781. The number of methoxy groups -OCH3 is 1. The van der Waals surface area contributed by atoms with Crippen LogP contribution in [0.15, 0.2) is 35.7 Å². The van der Waals surface area contributed by atoms with Crippen molar-refractivity contribution in [2.24, 2.45) is 0 Å². The number of thiophene rings is 1. The zero-order valence-corrected chi connectivity index (χ0v) is 15.3. The van der Waals surface area contributed by atoms with Crippen molar-refractivity contribution in [3.8, 4) is 11.5 Å². The molecule has 2 rings (SSSR count). The van der Waals surface area contributed by atoms with E-state index >= 15 is 0 Å². The van der Waals surface area contributed by atoms with E-state index < -0.39 is 0 Å². The Bertz CT molecular complexity index is 588. The quantitative estimate of drug-likeness (QED) is 0.757. The van der Waals surface area contributed by atoms with Crippen molar-refractivity contribution in [1.29, 1.82) is 0 Å². The third kappa shape index (κ3) is 6.03. The predicted octanol–water partition coefficient (Wildman–Crippen LogP) is 3.62. The summed E-state index contributed by atoms with van der Waals surface area (Å²) in [6, 6.07) is 9.96. The molecule has 0 aliphatic heterocycles. The molecule has 0 unspecified atom stereocenters. The first kappa shape index (κ1) is 19.8. The van der Waals surface area contributed by atoms with Gasteiger partial charge in [0.25, 0.3) is 0 Å². The Kier molecular flexibility index (Phi) is 7.85. The summed E-state index contributed by atoms with van der Waals surface area (Å²) in [6.45, 7) is 5.22. The molecule has 2 aromatic rings. The fourth-order valence-corrected chi connectivity index (χ4v) is 2.50. The van der Waals surface area contributed by atoms with Gasteiger partial charge in [-0.05, 0) is 43.0 Å². The lowest BCUT2D eigenvalue weighted by atomic mass is 10.1. The minimum absolute atomic E-state index is 0. The van der Waals surface area contributed by atoms with Gasteiger partial charge in [0.05, 0.1) is 13.7 Å². The summed E-state index contributed by atoms with van der Waals surface area (Å²) in [6.07, 6.45) is 0. The molecule has 4 nitrogen and oxygen atoms in total. The monoisotopic (exact) mass is 357 g/mol. The van der Waals surface area contributed by atoms with Crippen LogP contribution in [0.25, 0.3) is 0 Å². The smallest absolute Gasteiger partial charge is 0.161 e. The minimum Gasteiger partial charge on any atom is -0.493 e. The zero-order chi connectivity index (χ0) is 16.0. The van der Waals surface area contributed by atoms with Crippen molar-refractivity contribution in [3.63, 3.8) is 0 Å². The van der Waals surface area contributed by atoms with E-state index in [2.05, 4.69) is 5.32 Å². The maximum Gasteiger partial charge on any atom is 0.161 e. The van der Waals surface area contributed by atoms with E-state index in [9.17, 15) is 5.11 Å². The first-order chi connectivity index (χ1) is 10.5. The zero-order valence-electron chi connectivity index (χ0n) is 13.7. The first-order valence-corrected chi connectivity index (χ1v) is 8.10. The molecule has 23 heavy (non-hydrogen) atoms. The Hall–Kier alpha value is -1.27. The van der Waals surface area contributed by atoms with E-state index in [4.69, 9.17) is 9.47 Å². The molecule has 128 valence electrons. The van der Waals surface area contributed by atoms with Gasteiger partial charge in [-0.15, -0.1) is 23.7 Å². The summed E-state index contributed by atoms with van der Waals surface area (Å²) in [5, 5.41) is 14.6. The number of hydrogen-bond acceptors (Lipinski definition) is 5. The van der Waals surface area contributed by atoms with E-state index in [1.807, 2.05) is 49.6 Å². The number of ether oxygens (including phenoxy) is 2. The van der Waals surface area contributed by atoms with Crippen LogP contribution in [-0.2, 0) is 13.2 Å². The molecule has 0 amide bonds. The van der Waals surface area contributed by atoms with Crippen molar-refractivity contribution in [2.45, 2.75) is 32.5 Å². The van der Waals surface area contributed by atoms with Crippen LogP contribution >= 0.6 is 23.7 Å². The molecule has 1 aromatic heterocycles. The molecule has 1 heterocycles. The van der Waals surface area contributed by atoms with Gasteiger partial charge in [0.1, 0.15) is 6.61 Å².